The Morgan fingerprint density at radius 1 is 1.39 bits per heavy atom. The molecular formula is C14H20FNO2. The summed E-state index contributed by atoms with van der Waals surface area (Å²) in [5, 5.41) is 9.54. The second-order valence-corrected chi connectivity index (χ2v) is 5.82. The number of halogens is 1. The molecule has 0 atom stereocenters. The SMILES string of the molecule is CN(CC(=O)c1cc(F)ccc1O)CC(C)(C)C. The summed E-state index contributed by atoms with van der Waals surface area (Å²) in [6.07, 6.45) is 0. The van der Waals surface area contributed by atoms with E-state index >= 15 is 0 Å². The fourth-order valence-corrected chi connectivity index (χ4v) is 1.93. The molecule has 0 saturated carbocycles. The topological polar surface area (TPSA) is 40.5 Å². The molecule has 0 unspecified atom stereocenters. The van der Waals surface area contributed by atoms with Crippen molar-refractivity contribution in [3.8, 4) is 5.75 Å². The summed E-state index contributed by atoms with van der Waals surface area (Å²) < 4.78 is 13.0. The molecule has 1 rings (SSSR count). The average molecular weight is 253 g/mol. The number of phenols is 1. The van der Waals surface area contributed by atoms with Crippen LogP contribution in [0.2, 0.25) is 0 Å². The first-order valence-electron chi connectivity index (χ1n) is 5.89. The molecule has 0 aromatic heterocycles. The summed E-state index contributed by atoms with van der Waals surface area (Å²) in [5.74, 6) is -0.973. The van der Waals surface area contributed by atoms with E-state index in [0.29, 0.717) is 0 Å². The summed E-state index contributed by atoms with van der Waals surface area (Å²) in [6.45, 7) is 7.14. The van der Waals surface area contributed by atoms with Gasteiger partial charge in [-0.1, -0.05) is 20.8 Å². The van der Waals surface area contributed by atoms with Crippen LogP contribution in [0.5, 0.6) is 5.75 Å². The van der Waals surface area contributed by atoms with Gasteiger partial charge in [0.25, 0.3) is 0 Å². The van der Waals surface area contributed by atoms with Crippen LogP contribution in [-0.4, -0.2) is 35.9 Å². The van der Waals surface area contributed by atoms with Crippen LogP contribution in [-0.2, 0) is 0 Å². The Hall–Kier alpha value is -1.42. The summed E-state index contributed by atoms with van der Waals surface area (Å²) in [4.78, 5) is 13.8. The third-order valence-corrected chi connectivity index (χ3v) is 2.42. The van der Waals surface area contributed by atoms with Crippen molar-refractivity contribution < 1.29 is 14.3 Å². The molecule has 0 heterocycles. The van der Waals surface area contributed by atoms with Gasteiger partial charge in [0.2, 0.25) is 0 Å². The van der Waals surface area contributed by atoms with Crippen molar-refractivity contribution in [1.29, 1.82) is 0 Å². The Kier molecular flexibility index (Phi) is 4.46. The van der Waals surface area contributed by atoms with E-state index in [4.69, 9.17) is 0 Å². The number of likely N-dealkylation sites (N-methyl/N-ethyl adjacent to an activating group) is 1. The molecule has 0 fully saturated rings. The van der Waals surface area contributed by atoms with Gasteiger partial charge in [0.1, 0.15) is 11.6 Å². The van der Waals surface area contributed by atoms with Crippen molar-refractivity contribution in [3.63, 3.8) is 0 Å². The first-order chi connectivity index (χ1) is 8.19. The van der Waals surface area contributed by atoms with Gasteiger partial charge in [0, 0.05) is 6.54 Å². The zero-order chi connectivity index (χ0) is 13.9. The van der Waals surface area contributed by atoms with Crippen molar-refractivity contribution in [3.05, 3.63) is 29.6 Å². The fraction of sp³-hybridized carbons (Fsp3) is 0.500. The van der Waals surface area contributed by atoms with E-state index in [1.165, 1.54) is 6.07 Å². The predicted octanol–water partition coefficient (Wildman–Crippen LogP) is 2.69. The van der Waals surface area contributed by atoms with Crippen molar-refractivity contribution >= 4 is 5.78 Å². The monoisotopic (exact) mass is 253 g/mol. The van der Waals surface area contributed by atoms with E-state index in [0.717, 1.165) is 18.7 Å². The second kappa shape index (κ2) is 5.48. The Balaban J connectivity index is 2.74. The quantitative estimate of drug-likeness (QED) is 0.839. The Labute approximate surface area is 107 Å². The third-order valence-electron chi connectivity index (χ3n) is 2.42. The number of aromatic hydroxyl groups is 1. The van der Waals surface area contributed by atoms with Crippen LogP contribution in [0.4, 0.5) is 4.39 Å². The van der Waals surface area contributed by atoms with Crippen molar-refractivity contribution in [1.82, 2.24) is 4.90 Å². The molecule has 0 aliphatic carbocycles. The van der Waals surface area contributed by atoms with Crippen LogP contribution in [0.1, 0.15) is 31.1 Å². The highest BCUT2D eigenvalue weighted by Crippen LogP contribution is 2.19. The molecule has 4 heteroatoms. The van der Waals surface area contributed by atoms with Gasteiger partial charge in [-0.15, -0.1) is 0 Å². The molecule has 0 spiro atoms. The third kappa shape index (κ3) is 4.45. The van der Waals surface area contributed by atoms with E-state index < -0.39 is 5.82 Å². The molecule has 0 radical (unpaired) electrons. The molecule has 3 nitrogen and oxygen atoms in total. The smallest absolute Gasteiger partial charge is 0.180 e. The van der Waals surface area contributed by atoms with Gasteiger partial charge < -0.3 is 5.11 Å². The van der Waals surface area contributed by atoms with Crippen molar-refractivity contribution in [2.45, 2.75) is 20.8 Å². The van der Waals surface area contributed by atoms with E-state index in [9.17, 15) is 14.3 Å². The molecule has 100 valence electrons. The lowest BCUT2D eigenvalue weighted by atomic mass is 9.96. The highest BCUT2D eigenvalue weighted by atomic mass is 19.1. The second-order valence-electron chi connectivity index (χ2n) is 5.82. The largest absolute Gasteiger partial charge is 0.507 e. The van der Waals surface area contributed by atoms with Gasteiger partial charge in [-0.2, -0.15) is 0 Å². The number of Topliss-reactive ketones (excluding diaryl/α,β-unsaturated/α-hetero) is 1. The molecule has 0 aliphatic rings. The number of hydrogen-bond acceptors (Lipinski definition) is 3. The molecule has 18 heavy (non-hydrogen) atoms. The van der Waals surface area contributed by atoms with Crippen LogP contribution in [0.15, 0.2) is 18.2 Å². The van der Waals surface area contributed by atoms with Crippen molar-refractivity contribution in [2.24, 2.45) is 5.41 Å². The first kappa shape index (κ1) is 14.6. The van der Waals surface area contributed by atoms with Gasteiger partial charge in [0.15, 0.2) is 5.78 Å². The number of nitrogens with zero attached hydrogens (tertiary/aromatic N) is 1. The summed E-state index contributed by atoms with van der Waals surface area (Å²) >= 11 is 0. The maximum atomic E-state index is 13.0. The molecule has 0 amide bonds. The lowest BCUT2D eigenvalue weighted by Crippen LogP contribution is -2.33. The Morgan fingerprint density at radius 3 is 2.56 bits per heavy atom. The molecule has 0 saturated heterocycles. The predicted molar refractivity (Wildman–Crippen MR) is 69.3 cm³/mol. The molecule has 1 N–H and O–H groups in total. The van der Waals surface area contributed by atoms with E-state index in [1.807, 2.05) is 11.9 Å². The Morgan fingerprint density at radius 2 is 2.00 bits per heavy atom. The minimum Gasteiger partial charge on any atom is -0.507 e. The van der Waals surface area contributed by atoms with Gasteiger partial charge >= 0.3 is 0 Å². The summed E-state index contributed by atoms with van der Waals surface area (Å²) in [5.41, 5.74) is 0.120. The maximum absolute atomic E-state index is 13.0. The van der Waals surface area contributed by atoms with Crippen LogP contribution < -0.4 is 0 Å². The number of phenolic OH excluding ortho intramolecular Hbond substituents is 1. The number of benzene rings is 1. The lowest BCUT2D eigenvalue weighted by molar-refractivity contribution is 0.0924. The molecule has 0 bridgehead atoms. The molecular weight excluding hydrogens is 233 g/mol. The standard InChI is InChI=1S/C14H20FNO2/c1-14(2,3)9-16(4)8-13(18)11-7-10(15)5-6-12(11)17/h5-7,17H,8-9H2,1-4H3. The number of carbonyl (C=O) groups is 1. The normalized spacial score (nSPS) is 11.9. The number of carbonyl (C=O) groups excluding carboxylic acids is 1. The van der Waals surface area contributed by atoms with E-state index in [1.54, 1.807) is 0 Å². The summed E-state index contributed by atoms with van der Waals surface area (Å²) in [6, 6.07) is 3.40. The van der Waals surface area contributed by atoms with Gasteiger partial charge in [-0.3, -0.25) is 9.69 Å². The van der Waals surface area contributed by atoms with Crippen LogP contribution in [0.25, 0.3) is 0 Å². The van der Waals surface area contributed by atoms with Crippen LogP contribution in [0, 0.1) is 11.2 Å². The fourth-order valence-electron chi connectivity index (χ4n) is 1.93. The Bertz CT molecular complexity index is 438. The number of hydrogen-bond donors (Lipinski definition) is 1. The van der Waals surface area contributed by atoms with Gasteiger partial charge in [0.05, 0.1) is 12.1 Å². The average Bonchev–Trinajstić information content (AvgIpc) is 2.18. The zero-order valence-corrected chi connectivity index (χ0v) is 11.3. The first-order valence-corrected chi connectivity index (χ1v) is 5.89. The maximum Gasteiger partial charge on any atom is 0.180 e. The lowest BCUT2D eigenvalue weighted by Gasteiger charge is -2.25. The van der Waals surface area contributed by atoms with Crippen LogP contribution in [0.3, 0.4) is 0 Å². The highest BCUT2D eigenvalue weighted by Gasteiger charge is 2.18. The van der Waals surface area contributed by atoms with Gasteiger partial charge in [-0.25, -0.2) is 4.39 Å². The van der Waals surface area contributed by atoms with Gasteiger partial charge in [-0.05, 0) is 30.7 Å². The van der Waals surface area contributed by atoms with E-state index in [-0.39, 0.29) is 29.1 Å². The van der Waals surface area contributed by atoms with Crippen molar-refractivity contribution in [2.75, 3.05) is 20.1 Å². The number of ketones is 1. The van der Waals surface area contributed by atoms with Crippen LogP contribution >= 0.6 is 0 Å². The zero-order valence-electron chi connectivity index (χ0n) is 11.3. The minimum atomic E-state index is -0.519. The molecule has 1 aromatic rings. The molecule has 0 aliphatic heterocycles. The van der Waals surface area contributed by atoms with E-state index in [2.05, 4.69) is 20.8 Å². The highest BCUT2D eigenvalue weighted by molar-refractivity contribution is 5.99. The minimum absolute atomic E-state index is 0.0377. The number of rotatable bonds is 4. The molecule has 1 aromatic carbocycles. The summed E-state index contributed by atoms with van der Waals surface area (Å²) in [7, 11) is 1.83.